The molecule has 1 saturated heterocycles. The maximum atomic E-state index is 13.0. The van der Waals surface area contributed by atoms with Crippen LogP contribution in [0.15, 0.2) is 70.0 Å². The Kier molecular flexibility index (Phi) is 8.21. The largest absolute Gasteiger partial charge is 0.490 e. The van der Waals surface area contributed by atoms with Crippen molar-refractivity contribution in [1.82, 2.24) is 4.90 Å². The van der Waals surface area contributed by atoms with Gasteiger partial charge in [0.05, 0.1) is 22.5 Å². The highest BCUT2D eigenvalue weighted by atomic mass is 79.9. The van der Waals surface area contributed by atoms with Gasteiger partial charge in [0.25, 0.3) is 11.1 Å². The Morgan fingerprint density at radius 1 is 1.06 bits per heavy atom. The number of hydrogen-bond acceptors (Lipinski definition) is 5. The van der Waals surface area contributed by atoms with Gasteiger partial charge in [0.2, 0.25) is 0 Å². The zero-order valence-corrected chi connectivity index (χ0v) is 22.4. The fourth-order valence-corrected chi connectivity index (χ4v) is 5.22. The summed E-state index contributed by atoms with van der Waals surface area (Å²) >= 11 is 10.7. The van der Waals surface area contributed by atoms with Crippen molar-refractivity contribution in [3.05, 3.63) is 97.3 Å². The van der Waals surface area contributed by atoms with Crippen molar-refractivity contribution in [2.24, 2.45) is 0 Å². The van der Waals surface area contributed by atoms with E-state index < -0.39 is 0 Å². The molecule has 1 fully saturated rings. The number of hydrogen-bond donors (Lipinski definition) is 0. The quantitative estimate of drug-likeness (QED) is 0.260. The van der Waals surface area contributed by atoms with E-state index in [0.717, 1.165) is 28.5 Å². The molecule has 0 atom stereocenters. The average molecular weight is 573 g/mol. The van der Waals surface area contributed by atoms with E-state index in [1.807, 2.05) is 68.4 Å². The zero-order chi connectivity index (χ0) is 24.9. The molecule has 180 valence electrons. The minimum absolute atomic E-state index is 0.242. The molecule has 0 spiro atoms. The number of carbonyl (C=O) groups excluding carboxylic acids is 2. The molecule has 8 heteroatoms. The van der Waals surface area contributed by atoms with Crippen LogP contribution in [-0.2, 0) is 17.9 Å². The number of aryl methyl sites for hydroxylation is 1. The first-order chi connectivity index (χ1) is 16.9. The van der Waals surface area contributed by atoms with Gasteiger partial charge in [-0.05, 0) is 76.9 Å². The molecule has 5 nitrogen and oxygen atoms in total. The van der Waals surface area contributed by atoms with Gasteiger partial charge in [-0.15, -0.1) is 0 Å². The molecule has 1 aliphatic rings. The van der Waals surface area contributed by atoms with Crippen LogP contribution in [0.1, 0.15) is 29.2 Å². The molecule has 4 rings (SSSR count). The molecular formula is C27H23BrClNO4S. The topological polar surface area (TPSA) is 55.8 Å². The molecule has 1 aliphatic heterocycles. The van der Waals surface area contributed by atoms with Crippen LogP contribution < -0.4 is 9.47 Å². The SMILES string of the molecule is CCOc1cc(/C=C2\SC(=O)N(Cc3cccc(C)c3)C2=O)cc(Br)c1OCc1ccccc1Cl. The number of halogens is 2. The minimum Gasteiger partial charge on any atom is -0.490 e. The van der Waals surface area contributed by atoms with Crippen molar-refractivity contribution >= 4 is 56.5 Å². The van der Waals surface area contributed by atoms with E-state index in [9.17, 15) is 9.59 Å². The molecule has 0 bridgehead atoms. The Labute approximate surface area is 222 Å². The van der Waals surface area contributed by atoms with Crippen LogP contribution in [0.4, 0.5) is 4.79 Å². The number of carbonyl (C=O) groups is 2. The van der Waals surface area contributed by atoms with Crippen LogP contribution in [0, 0.1) is 6.92 Å². The van der Waals surface area contributed by atoms with Gasteiger partial charge in [0.1, 0.15) is 6.61 Å². The molecule has 0 saturated carbocycles. The average Bonchev–Trinajstić information content (AvgIpc) is 3.07. The van der Waals surface area contributed by atoms with Crippen LogP contribution in [0.5, 0.6) is 11.5 Å². The summed E-state index contributed by atoms with van der Waals surface area (Å²) < 4.78 is 12.5. The summed E-state index contributed by atoms with van der Waals surface area (Å²) in [6.45, 7) is 4.81. The van der Waals surface area contributed by atoms with Gasteiger partial charge in [-0.1, -0.05) is 59.6 Å². The molecule has 0 radical (unpaired) electrons. The van der Waals surface area contributed by atoms with Crippen LogP contribution in [0.2, 0.25) is 5.02 Å². The predicted octanol–water partition coefficient (Wildman–Crippen LogP) is 7.63. The zero-order valence-electron chi connectivity index (χ0n) is 19.2. The highest BCUT2D eigenvalue weighted by Crippen LogP contribution is 2.40. The Morgan fingerprint density at radius 3 is 2.60 bits per heavy atom. The lowest BCUT2D eigenvalue weighted by atomic mass is 10.1. The monoisotopic (exact) mass is 571 g/mol. The molecule has 1 heterocycles. The summed E-state index contributed by atoms with van der Waals surface area (Å²) in [5.74, 6) is 0.755. The van der Waals surface area contributed by atoms with E-state index in [4.69, 9.17) is 21.1 Å². The third-order valence-electron chi connectivity index (χ3n) is 5.26. The Balaban J connectivity index is 1.56. The van der Waals surface area contributed by atoms with E-state index in [-0.39, 0.29) is 24.3 Å². The maximum absolute atomic E-state index is 13.0. The summed E-state index contributed by atoms with van der Waals surface area (Å²) in [4.78, 5) is 27.2. The van der Waals surface area contributed by atoms with Crippen molar-refractivity contribution in [2.75, 3.05) is 6.61 Å². The van der Waals surface area contributed by atoms with E-state index >= 15 is 0 Å². The Bertz CT molecular complexity index is 1310. The van der Waals surface area contributed by atoms with Crippen molar-refractivity contribution in [1.29, 1.82) is 0 Å². The van der Waals surface area contributed by atoms with E-state index in [1.165, 1.54) is 4.90 Å². The third kappa shape index (κ3) is 6.10. The summed E-state index contributed by atoms with van der Waals surface area (Å²) in [6.07, 6.45) is 1.70. The van der Waals surface area contributed by atoms with Crippen molar-refractivity contribution in [3.63, 3.8) is 0 Å². The van der Waals surface area contributed by atoms with E-state index in [0.29, 0.717) is 38.1 Å². The second-order valence-electron chi connectivity index (χ2n) is 7.90. The standard InChI is InChI=1S/C27H23BrClNO4S/c1-3-33-23-13-19(12-21(28)25(23)34-16-20-9-4-5-10-22(20)29)14-24-26(31)30(27(32)35-24)15-18-8-6-7-17(2)11-18/h4-14H,3,15-16H2,1-2H3/b24-14-. The molecule has 2 amide bonds. The summed E-state index contributed by atoms with van der Waals surface area (Å²) in [5, 5.41) is 0.339. The maximum Gasteiger partial charge on any atom is 0.293 e. The van der Waals surface area contributed by atoms with E-state index in [1.54, 1.807) is 12.1 Å². The minimum atomic E-state index is -0.311. The lowest BCUT2D eigenvalue weighted by Gasteiger charge is -2.15. The number of amides is 2. The van der Waals surface area contributed by atoms with Crippen LogP contribution >= 0.6 is 39.3 Å². The first-order valence-corrected chi connectivity index (χ1v) is 13.0. The van der Waals surface area contributed by atoms with Crippen molar-refractivity contribution in [3.8, 4) is 11.5 Å². The molecule has 0 aliphatic carbocycles. The van der Waals surface area contributed by atoms with Crippen molar-refractivity contribution < 1.29 is 19.1 Å². The third-order valence-corrected chi connectivity index (χ3v) is 7.12. The van der Waals surface area contributed by atoms with Crippen molar-refractivity contribution in [2.45, 2.75) is 27.0 Å². The summed E-state index contributed by atoms with van der Waals surface area (Å²) in [6, 6.07) is 18.9. The highest BCUT2D eigenvalue weighted by Gasteiger charge is 2.35. The molecule has 0 unspecified atom stereocenters. The lowest BCUT2D eigenvalue weighted by molar-refractivity contribution is -0.123. The second-order valence-corrected chi connectivity index (χ2v) is 10.2. The number of thioether (sulfide) groups is 1. The Hall–Kier alpha value is -2.74. The summed E-state index contributed by atoms with van der Waals surface area (Å²) in [5.41, 5.74) is 3.56. The van der Waals surface area contributed by atoms with Gasteiger partial charge in [-0.2, -0.15) is 0 Å². The molecular weight excluding hydrogens is 550 g/mol. The Morgan fingerprint density at radius 2 is 1.86 bits per heavy atom. The van der Waals surface area contributed by atoms with Crippen LogP contribution in [0.3, 0.4) is 0 Å². The van der Waals surface area contributed by atoms with Gasteiger partial charge in [0, 0.05) is 10.6 Å². The molecule has 3 aromatic rings. The van der Waals surface area contributed by atoms with E-state index in [2.05, 4.69) is 15.9 Å². The van der Waals surface area contributed by atoms with Gasteiger partial charge in [-0.3, -0.25) is 14.5 Å². The normalized spacial score (nSPS) is 14.6. The smallest absolute Gasteiger partial charge is 0.293 e. The van der Waals surface area contributed by atoms with Gasteiger partial charge in [0.15, 0.2) is 11.5 Å². The highest BCUT2D eigenvalue weighted by molar-refractivity contribution is 9.10. The van der Waals surface area contributed by atoms with Crippen LogP contribution in [0.25, 0.3) is 6.08 Å². The molecule has 0 N–H and O–H groups in total. The predicted molar refractivity (Wildman–Crippen MR) is 144 cm³/mol. The first-order valence-electron chi connectivity index (χ1n) is 11.0. The molecule has 3 aromatic carbocycles. The lowest BCUT2D eigenvalue weighted by Crippen LogP contribution is -2.27. The van der Waals surface area contributed by atoms with Gasteiger partial charge in [-0.25, -0.2) is 0 Å². The number of nitrogens with zero attached hydrogens (tertiary/aromatic N) is 1. The molecule has 0 aromatic heterocycles. The summed E-state index contributed by atoms with van der Waals surface area (Å²) in [7, 11) is 0. The number of rotatable bonds is 8. The first kappa shape index (κ1) is 25.4. The number of ether oxygens (including phenoxy) is 2. The van der Waals surface area contributed by atoms with Gasteiger partial charge < -0.3 is 9.47 Å². The second kappa shape index (κ2) is 11.3. The van der Waals surface area contributed by atoms with Gasteiger partial charge >= 0.3 is 0 Å². The van der Waals surface area contributed by atoms with Crippen LogP contribution in [-0.4, -0.2) is 22.7 Å². The fraction of sp³-hybridized carbons (Fsp3) is 0.185. The number of imide groups is 1. The fourth-order valence-electron chi connectivity index (χ4n) is 3.62. The molecule has 35 heavy (non-hydrogen) atoms. The number of benzene rings is 3.